The lowest BCUT2D eigenvalue weighted by Gasteiger charge is -2.14. The number of carbonyl (C=O) groups excluding carboxylic acids is 1. The monoisotopic (exact) mass is 179 g/mol. The van der Waals surface area contributed by atoms with Crippen molar-refractivity contribution < 1.29 is 4.79 Å². The second kappa shape index (κ2) is 4.95. The van der Waals surface area contributed by atoms with E-state index in [-0.39, 0.29) is 5.92 Å². The third-order valence-corrected chi connectivity index (χ3v) is 2.27. The molecule has 0 amide bonds. The molecule has 2 heteroatoms. The molecule has 0 fully saturated rings. The summed E-state index contributed by atoms with van der Waals surface area (Å²) in [6.07, 6.45) is 7.37. The Kier molecular flexibility index (Phi) is 3.87. The van der Waals surface area contributed by atoms with E-state index in [0.717, 1.165) is 31.3 Å². The van der Waals surface area contributed by atoms with E-state index in [9.17, 15) is 4.79 Å². The van der Waals surface area contributed by atoms with E-state index in [1.54, 1.807) is 12.4 Å². The Morgan fingerprint density at radius 3 is 2.77 bits per heavy atom. The molecule has 1 heterocycles. The Hall–Kier alpha value is -0.920. The van der Waals surface area contributed by atoms with E-state index in [4.69, 9.17) is 0 Å². The molecule has 0 radical (unpaired) electrons. The third-order valence-electron chi connectivity index (χ3n) is 2.27. The van der Waals surface area contributed by atoms with Crippen molar-refractivity contribution in [2.45, 2.75) is 39.5 Å². The summed E-state index contributed by atoms with van der Waals surface area (Å²) < 4.78 is 0. The number of carbonyl (C=O) groups is 1. The molecule has 1 aliphatic heterocycles. The molecule has 13 heavy (non-hydrogen) atoms. The molecule has 0 aliphatic carbocycles. The zero-order valence-electron chi connectivity index (χ0n) is 8.42. The highest BCUT2D eigenvalue weighted by Crippen LogP contribution is 2.18. The summed E-state index contributed by atoms with van der Waals surface area (Å²) in [7, 11) is 0. The molecule has 0 spiro atoms. The van der Waals surface area contributed by atoms with Crippen molar-refractivity contribution in [2.75, 3.05) is 0 Å². The van der Waals surface area contributed by atoms with Crippen LogP contribution in [0.1, 0.15) is 39.5 Å². The fraction of sp³-hybridized carbons (Fsp3) is 0.636. The minimum Gasteiger partial charge on any atom is -0.294 e. The molecule has 1 aliphatic rings. The fourth-order valence-corrected chi connectivity index (χ4v) is 1.58. The van der Waals surface area contributed by atoms with Gasteiger partial charge < -0.3 is 0 Å². The third kappa shape index (κ3) is 2.51. The van der Waals surface area contributed by atoms with Crippen molar-refractivity contribution in [2.24, 2.45) is 10.9 Å². The first-order valence-corrected chi connectivity index (χ1v) is 5.06. The summed E-state index contributed by atoms with van der Waals surface area (Å²) >= 11 is 0. The molecule has 1 atom stereocenters. The maximum absolute atomic E-state index is 11.7. The average Bonchev–Trinajstić information content (AvgIpc) is 2.13. The van der Waals surface area contributed by atoms with Gasteiger partial charge in [0.1, 0.15) is 0 Å². The molecule has 0 bridgehead atoms. The normalized spacial score (nSPS) is 21.8. The van der Waals surface area contributed by atoms with Crippen LogP contribution in [-0.2, 0) is 4.79 Å². The van der Waals surface area contributed by atoms with Crippen LogP contribution in [0.15, 0.2) is 16.8 Å². The van der Waals surface area contributed by atoms with Gasteiger partial charge in [-0.2, -0.15) is 0 Å². The minimum atomic E-state index is 0.0524. The first-order valence-electron chi connectivity index (χ1n) is 5.06. The van der Waals surface area contributed by atoms with Crippen LogP contribution in [0.2, 0.25) is 0 Å². The van der Waals surface area contributed by atoms with Crippen molar-refractivity contribution in [3.05, 3.63) is 11.8 Å². The second-order valence-electron chi connectivity index (χ2n) is 3.46. The number of allylic oxidation sites excluding steroid dienone is 1. The van der Waals surface area contributed by atoms with Gasteiger partial charge in [-0.15, -0.1) is 0 Å². The van der Waals surface area contributed by atoms with Crippen molar-refractivity contribution in [3.63, 3.8) is 0 Å². The van der Waals surface area contributed by atoms with Gasteiger partial charge in [0.25, 0.3) is 0 Å². The average molecular weight is 179 g/mol. The largest absolute Gasteiger partial charge is 0.294 e. The first-order chi connectivity index (χ1) is 6.29. The van der Waals surface area contributed by atoms with Gasteiger partial charge in [-0.3, -0.25) is 9.79 Å². The molecule has 1 rings (SSSR count). The molecule has 1 unspecified atom stereocenters. The number of hydrogen-bond donors (Lipinski definition) is 0. The van der Waals surface area contributed by atoms with Gasteiger partial charge in [0.2, 0.25) is 0 Å². The van der Waals surface area contributed by atoms with Gasteiger partial charge in [0, 0.05) is 18.0 Å². The minimum absolute atomic E-state index is 0.0524. The molecule has 72 valence electrons. The number of rotatable bonds is 4. The number of Topliss-reactive ketones (excluding diaryl/α,β-unsaturated/α-hetero) is 1. The van der Waals surface area contributed by atoms with Crippen LogP contribution in [0.3, 0.4) is 0 Å². The Labute approximate surface area is 79.8 Å². The van der Waals surface area contributed by atoms with Gasteiger partial charge in [0.15, 0.2) is 5.78 Å². The van der Waals surface area contributed by atoms with Gasteiger partial charge in [-0.1, -0.05) is 26.7 Å². The number of ketones is 1. The molecule has 0 saturated heterocycles. The van der Waals surface area contributed by atoms with Crippen LogP contribution in [0.5, 0.6) is 0 Å². The highest BCUT2D eigenvalue weighted by atomic mass is 16.1. The lowest BCUT2D eigenvalue weighted by molar-refractivity contribution is -0.117. The van der Waals surface area contributed by atoms with Gasteiger partial charge >= 0.3 is 0 Å². The van der Waals surface area contributed by atoms with Crippen LogP contribution < -0.4 is 0 Å². The summed E-state index contributed by atoms with van der Waals surface area (Å²) in [5.74, 6) is 0.343. The molecule has 0 aromatic rings. The van der Waals surface area contributed by atoms with Gasteiger partial charge in [-0.25, -0.2) is 0 Å². The molecule has 0 aromatic carbocycles. The summed E-state index contributed by atoms with van der Waals surface area (Å²) in [5, 5.41) is 0. The van der Waals surface area contributed by atoms with Crippen LogP contribution in [-0.4, -0.2) is 12.0 Å². The number of aliphatic imine (C=N–C) groups is 1. The Bertz CT molecular complexity index is 240. The summed E-state index contributed by atoms with van der Waals surface area (Å²) in [6, 6.07) is 0. The zero-order chi connectivity index (χ0) is 9.68. The summed E-state index contributed by atoms with van der Waals surface area (Å²) in [5.41, 5.74) is 0.906. The molecule has 2 nitrogen and oxygen atoms in total. The van der Waals surface area contributed by atoms with E-state index < -0.39 is 0 Å². The predicted octanol–water partition coefficient (Wildman–Crippen LogP) is 2.74. The van der Waals surface area contributed by atoms with Crippen molar-refractivity contribution >= 4 is 12.0 Å². The highest BCUT2D eigenvalue weighted by Gasteiger charge is 2.21. The molecule has 0 N–H and O–H groups in total. The van der Waals surface area contributed by atoms with Crippen LogP contribution in [0.25, 0.3) is 0 Å². The molecular weight excluding hydrogens is 162 g/mol. The number of hydrogen-bond acceptors (Lipinski definition) is 2. The Balaban J connectivity index is 2.63. The zero-order valence-corrected chi connectivity index (χ0v) is 8.42. The smallest absolute Gasteiger partial charge is 0.168 e. The second-order valence-corrected chi connectivity index (χ2v) is 3.46. The maximum atomic E-state index is 11.7. The topological polar surface area (TPSA) is 29.4 Å². The van der Waals surface area contributed by atoms with E-state index >= 15 is 0 Å². The maximum Gasteiger partial charge on any atom is 0.168 e. The quantitative estimate of drug-likeness (QED) is 0.652. The standard InChI is InChI=1S/C11H17NO/c1-3-5-9-7-12-8-10(6-4-2)11(9)13/h7-9H,3-6H2,1-2H3. The lowest BCUT2D eigenvalue weighted by Crippen LogP contribution is -2.20. The van der Waals surface area contributed by atoms with E-state index in [2.05, 4.69) is 18.8 Å². The van der Waals surface area contributed by atoms with Gasteiger partial charge in [-0.05, 0) is 12.8 Å². The van der Waals surface area contributed by atoms with Crippen LogP contribution in [0.4, 0.5) is 0 Å². The van der Waals surface area contributed by atoms with E-state index in [1.807, 2.05) is 0 Å². The van der Waals surface area contributed by atoms with Crippen molar-refractivity contribution in [1.29, 1.82) is 0 Å². The van der Waals surface area contributed by atoms with E-state index in [0.29, 0.717) is 5.78 Å². The lowest BCUT2D eigenvalue weighted by atomic mass is 9.91. The van der Waals surface area contributed by atoms with Gasteiger partial charge in [0.05, 0.1) is 5.92 Å². The summed E-state index contributed by atoms with van der Waals surface area (Å²) in [4.78, 5) is 15.9. The Morgan fingerprint density at radius 2 is 2.15 bits per heavy atom. The number of nitrogens with zero attached hydrogens (tertiary/aromatic N) is 1. The molecule has 0 saturated carbocycles. The SMILES string of the molecule is CCCC1=CN=CC(CCC)C1=O. The Morgan fingerprint density at radius 1 is 1.38 bits per heavy atom. The highest BCUT2D eigenvalue weighted by molar-refractivity contribution is 6.07. The van der Waals surface area contributed by atoms with Crippen LogP contribution in [0, 0.1) is 5.92 Å². The van der Waals surface area contributed by atoms with E-state index in [1.165, 1.54) is 0 Å². The first kappa shape index (κ1) is 10.2. The molecule has 0 aromatic heterocycles. The van der Waals surface area contributed by atoms with Crippen molar-refractivity contribution in [1.82, 2.24) is 0 Å². The summed E-state index contributed by atoms with van der Waals surface area (Å²) in [6.45, 7) is 4.18. The fourth-order valence-electron chi connectivity index (χ4n) is 1.58. The van der Waals surface area contributed by atoms with Crippen LogP contribution >= 0.6 is 0 Å². The molecular formula is C11H17NO. The van der Waals surface area contributed by atoms with Crippen molar-refractivity contribution in [3.8, 4) is 0 Å². The predicted molar refractivity (Wildman–Crippen MR) is 54.9 cm³/mol.